The number of nitrogens with zero attached hydrogens (tertiary/aromatic N) is 1. The minimum atomic E-state index is 0. The lowest BCUT2D eigenvalue weighted by molar-refractivity contribution is -0.130. The lowest BCUT2D eigenvalue weighted by atomic mass is 10.1. The summed E-state index contributed by atoms with van der Waals surface area (Å²) in [7, 11) is 3.38. The van der Waals surface area contributed by atoms with Gasteiger partial charge in [-0.3, -0.25) is 4.79 Å². The maximum atomic E-state index is 12.2. The van der Waals surface area contributed by atoms with E-state index in [1.54, 1.807) is 19.1 Å². The second-order valence-electron chi connectivity index (χ2n) is 5.51. The van der Waals surface area contributed by atoms with E-state index in [1.165, 1.54) is 0 Å². The zero-order valence-corrected chi connectivity index (χ0v) is 15.4. The molecule has 6 heteroatoms. The molecule has 0 saturated carbocycles. The molecule has 0 unspecified atom stereocenters. The van der Waals surface area contributed by atoms with Gasteiger partial charge in [-0.25, -0.2) is 0 Å². The lowest BCUT2D eigenvalue weighted by Gasteiger charge is -2.18. The summed E-state index contributed by atoms with van der Waals surface area (Å²) in [5, 5.41) is 0. The predicted molar refractivity (Wildman–Crippen MR) is 103 cm³/mol. The number of carbonyl (C=O) groups is 1. The number of nitrogen functional groups attached to an aromatic ring is 1. The van der Waals surface area contributed by atoms with Gasteiger partial charge < -0.3 is 20.1 Å². The van der Waals surface area contributed by atoms with Gasteiger partial charge in [0.25, 0.3) is 0 Å². The van der Waals surface area contributed by atoms with Crippen molar-refractivity contribution in [3.63, 3.8) is 0 Å². The molecular weight excluding hydrogens is 340 g/mol. The van der Waals surface area contributed by atoms with Crippen molar-refractivity contribution in [3.8, 4) is 11.5 Å². The number of para-hydroxylation sites is 3. The fourth-order valence-electron chi connectivity index (χ4n) is 2.35. The highest BCUT2D eigenvalue weighted by atomic mass is 35.5. The summed E-state index contributed by atoms with van der Waals surface area (Å²) in [4.78, 5) is 13.9. The van der Waals surface area contributed by atoms with Gasteiger partial charge in [0.05, 0.1) is 13.7 Å². The number of nitrogens with two attached hydrogens (primary N) is 1. The summed E-state index contributed by atoms with van der Waals surface area (Å²) in [5.41, 5.74) is 7.63. The molecule has 0 fully saturated rings. The standard InChI is InChI=1S/C19H24N2O3.ClH/c1-21(13-14-24-18-10-6-5-9-17(18)23-2)19(22)12-11-15-7-3-4-8-16(15)20;/h3-10H,11-14,20H2,1-2H3;1H. The van der Waals surface area contributed by atoms with Crippen molar-refractivity contribution in [2.45, 2.75) is 12.8 Å². The zero-order chi connectivity index (χ0) is 17.4. The highest BCUT2D eigenvalue weighted by Crippen LogP contribution is 2.25. The molecule has 5 nitrogen and oxygen atoms in total. The largest absolute Gasteiger partial charge is 0.493 e. The van der Waals surface area contributed by atoms with E-state index in [4.69, 9.17) is 15.2 Å². The molecule has 0 spiro atoms. The average Bonchev–Trinajstić information content (AvgIpc) is 2.61. The lowest BCUT2D eigenvalue weighted by Crippen LogP contribution is -2.31. The molecule has 0 bridgehead atoms. The van der Waals surface area contributed by atoms with Crippen molar-refractivity contribution in [1.82, 2.24) is 4.90 Å². The molecule has 2 aromatic rings. The van der Waals surface area contributed by atoms with Crippen molar-refractivity contribution in [2.24, 2.45) is 0 Å². The molecule has 2 N–H and O–H groups in total. The second kappa shape index (κ2) is 10.5. The molecule has 0 aliphatic heterocycles. The van der Waals surface area contributed by atoms with Crippen molar-refractivity contribution in [3.05, 3.63) is 54.1 Å². The molecule has 2 aromatic carbocycles. The fraction of sp³-hybridized carbons (Fsp3) is 0.316. The number of carbonyl (C=O) groups excluding carboxylic acids is 1. The van der Waals surface area contributed by atoms with Crippen LogP contribution in [0.25, 0.3) is 0 Å². The Balaban J connectivity index is 0.00000312. The summed E-state index contributed by atoms with van der Waals surface area (Å²) < 4.78 is 10.9. The number of methoxy groups -OCH3 is 1. The number of anilines is 1. The molecule has 2 rings (SSSR count). The first-order chi connectivity index (χ1) is 11.6. The minimum absolute atomic E-state index is 0. The third-order valence-electron chi connectivity index (χ3n) is 3.84. The highest BCUT2D eigenvalue weighted by Gasteiger charge is 2.10. The van der Waals surface area contributed by atoms with Crippen LogP contribution < -0.4 is 15.2 Å². The van der Waals surface area contributed by atoms with Crippen LogP contribution in [0, 0.1) is 0 Å². The maximum absolute atomic E-state index is 12.2. The number of amides is 1. The molecule has 0 aliphatic carbocycles. The van der Waals surface area contributed by atoms with E-state index < -0.39 is 0 Å². The van der Waals surface area contributed by atoms with Gasteiger partial charge in [-0.05, 0) is 30.2 Å². The fourth-order valence-corrected chi connectivity index (χ4v) is 2.35. The summed E-state index contributed by atoms with van der Waals surface area (Å²) in [6.45, 7) is 0.928. The molecule has 0 aromatic heterocycles. The van der Waals surface area contributed by atoms with Crippen LogP contribution in [-0.2, 0) is 11.2 Å². The van der Waals surface area contributed by atoms with Gasteiger partial charge in [-0.15, -0.1) is 12.4 Å². The molecule has 136 valence electrons. The minimum Gasteiger partial charge on any atom is -0.493 e. The summed E-state index contributed by atoms with van der Waals surface area (Å²) in [6.07, 6.45) is 1.07. The first-order valence-electron chi connectivity index (χ1n) is 7.95. The Hall–Kier alpha value is -2.40. The molecular formula is C19H25ClN2O3. The van der Waals surface area contributed by atoms with E-state index >= 15 is 0 Å². The van der Waals surface area contributed by atoms with Crippen LogP contribution in [-0.4, -0.2) is 38.1 Å². The van der Waals surface area contributed by atoms with E-state index in [0.717, 1.165) is 11.3 Å². The number of halogens is 1. The Kier molecular flexibility index (Phi) is 8.64. The summed E-state index contributed by atoms with van der Waals surface area (Å²) in [6, 6.07) is 15.1. The molecule has 0 atom stereocenters. The van der Waals surface area contributed by atoms with E-state index in [2.05, 4.69) is 0 Å². The van der Waals surface area contributed by atoms with E-state index in [0.29, 0.717) is 37.5 Å². The molecule has 0 aliphatic rings. The number of likely N-dealkylation sites (N-methyl/N-ethyl adjacent to an activating group) is 1. The van der Waals surface area contributed by atoms with Crippen molar-refractivity contribution < 1.29 is 14.3 Å². The number of benzene rings is 2. The Morgan fingerprint density at radius 3 is 2.40 bits per heavy atom. The number of rotatable bonds is 8. The Morgan fingerprint density at radius 2 is 1.72 bits per heavy atom. The predicted octanol–water partition coefficient (Wildman–Crippen LogP) is 3.17. The quantitative estimate of drug-likeness (QED) is 0.731. The SMILES string of the molecule is COc1ccccc1OCCN(C)C(=O)CCc1ccccc1N.Cl. The smallest absolute Gasteiger partial charge is 0.222 e. The van der Waals surface area contributed by atoms with Crippen LogP contribution in [0.1, 0.15) is 12.0 Å². The second-order valence-corrected chi connectivity index (χ2v) is 5.51. The normalized spacial score (nSPS) is 9.84. The van der Waals surface area contributed by atoms with Crippen molar-refractivity contribution in [1.29, 1.82) is 0 Å². The molecule has 1 amide bonds. The highest BCUT2D eigenvalue weighted by molar-refractivity contribution is 5.85. The van der Waals surface area contributed by atoms with Crippen molar-refractivity contribution >= 4 is 24.0 Å². The Bertz CT molecular complexity index is 679. The van der Waals surface area contributed by atoms with Crippen LogP contribution in [0.4, 0.5) is 5.69 Å². The molecule has 0 radical (unpaired) electrons. The van der Waals surface area contributed by atoms with Gasteiger partial charge >= 0.3 is 0 Å². The van der Waals surface area contributed by atoms with Crippen molar-refractivity contribution in [2.75, 3.05) is 33.0 Å². The van der Waals surface area contributed by atoms with E-state index in [1.807, 2.05) is 48.5 Å². The number of ether oxygens (including phenoxy) is 2. The van der Waals surface area contributed by atoms with Gasteiger partial charge in [0.15, 0.2) is 11.5 Å². The third kappa shape index (κ3) is 6.19. The first-order valence-corrected chi connectivity index (χ1v) is 7.95. The topological polar surface area (TPSA) is 64.8 Å². The van der Waals surface area contributed by atoms with Crippen LogP contribution in [0.5, 0.6) is 11.5 Å². The Labute approximate surface area is 155 Å². The van der Waals surface area contributed by atoms with Crippen LogP contribution in [0.2, 0.25) is 0 Å². The van der Waals surface area contributed by atoms with Gasteiger partial charge in [-0.2, -0.15) is 0 Å². The Morgan fingerprint density at radius 1 is 1.08 bits per heavy atom. The summed E-state index contributed by atoms with van der Waals surface area (Å²) >= 11 is 0. The van der Waals surface area contributed by atoms with Crippen LogP contribution in [0.3, 0.4) is 0 Å². The molecule has 25 heavy (non-hydrogen) atoms. The molecule has 0 saturated heterocycles. The van der Waals surface area contributed by atoms with Gasteiger partial charge in [0.2, 0.25) is 5.91 Å². The number of hydrogen-bond acceptors (Lipinski definition) is 4. The summed E-state index contributed by atoms with van der Waals surface area (Å²) in [5.74, 6) is 1.44. The van der Waals surface area contributed by atoms with Gasteiger partial charge in [-0.1, -0.05) is 30.3 Å². The number of hydrogen-bond donors (Lipinski definition) is 1. The van der Waals surface area contributed by atoms with Crippen LogP contribution in [0.15, 0.2) is 48.5 Å². The monoisotopic (exact) mass is 364 g/mol. The van der Waals surface area contributed by atoms with Gasteiger partial charge in [0.1, 0.15) is 6.61 Å². The third-order valence-corrected chi connectivity index (χ3v) is 3.84. The maximum Gasteiger partial charge on any atom is 0.222 e. The van der Waals surface area contributed by atoms with Gasteiger partial charge in [0, 0.05) is 19.2 Å². The van der Waals surface area contributed by atoms with E-state index in [9.17, 15) is 4.79 Å². The molecule has 0 heterocycles. The first kappa shape index (κ1) is 20.6. The zero-order valence-electron chi connectivity index (χ0n) is 14.6. The van der Waals surface area contributed by atoms with Crippen LogP contribution >= 0.6 is 12.4 Å². The average molecular weight is 365 g/mol. The number of aryl methyl sites for hydroxylation is 1. The van der Waals surface area contributed by atoms with E-state index in [-0.39, 0.29) is 18.3 Å².